The van der Waals surface area contributed by atoms with Crippen LogP contribution in [0.15, 0.2) is 36.5 Å². The molecule has 1 aromatic carbocycles. The van der Waals surface area contributed by atoms with Crippen LogP contribution in [0, 0.1) is 0 Å². The number of carbonyl (C=O) groups is 1. The SMILES string of the molecule is COc1cc(C(=O)Nc2ccc(N3CCCC3)nc2)ccc1OC1CCCC1. The zero-order valence-corrected chi connectivity index (χ0v) is 16.3. The van der Waals surface area contributed by atoms with Gasteiger partial charge < -0.3 is 19.7 Å². The molecule has 2 aromatic rings. The minimum absolute atomic E-state index is 0.193. The van der Waals surface area contributed by atoms with Crippen molar-refractivity contribution in [1.29, 1.82) is 0 Å². The summed E-state index contributed by atoms with van der Waals surface area (Å²) in [5.41, 5.74) is 1.21. The fourth-order valence-electron chi connectivity index (χ4n) is 3.89. The van der Waals surface area contributed by atoms with Crippen LogP contribution in [-0.2, 0) is 0 Å². The van der Waals surface area contributed by atoms with Gasteiger partial charge in [0.2, 0.25) is 0 Å². The number of pyridine rings is 1. The van der Waals surface area contributed by atoms with E-state index in [4.69, 9.17) is 9.47 Å². The second-order valence-corrected chi connectivity index (χ2v) is 7.44. The quantitative estimate of drug-likeness (QED) is 0.810. The molecule has 6 heteroatoms. The number of nitrogens with one attached hydrogen (secondary N) is 1. The molecule has 4 rings (SSSR count). The zero-order chi connectivity index (χ0) is 19.3. The van der Waals surface area contributed by atoms with Gasteiger partial charge in [0.25, 0.3) is 5.91 Å². The Kier molecular flexibility index (Phi) is 5.65. The first-order chi connectivity index (χ1) is 13.7. The van der Waals surface area contributed by atoms with E-state index >= 15 is 0 Å². The Labute approximate surface area is 165 Å². The van der Waals surface area contributed by atoms with Crippen molar-refractivity contribution < 1.29 is 14.3 Å². The first-order valence-corrected chi connectivity index (χ1v) is 10.1. The van der Waals surface area contributed by atoms with Gasteiger partial charge in [0.1, 0.15) is 5.82 Å². The number of hydrogen-bond acceptors (Lipinski definition) is 5. The van der Waals surface area contributed by atoms with Crippen molar-refractivity contribution >= 4 is 17.4 Å². The van der Waals surface area contributed by atoms with E-state index < -0.39 is 0 Å². The highest BCUT2D eigenvalue weighted by molar-refractivity contribution is 6.04. The molecule has 28 heavy (non-hydrogen) atoms. The van der Waals surface area contributed by atoms with Crippen LogP contribution in [0.3, 0.4) is 0 Å². The van der Waals surface area contributed by atoms with Crippen molar-refractivity contribution in [2.45, 2.75) is 44.6 Å². The lowest BCUT2D eigenvalue weighted by atomic mass is 10.1. The maximum Gasteiger partial charge on any atom is 0.255 e. The van der Waals surface area contributed by atoms with Gasteiger partial charge in [0.15, 0.2) is 11.5 Å². The fraction of sp³-hybridized carbons (Fsp3) is 0.455. The smallest absolute Gasteiger partial charge is 0.255 e. The summed E-state index contributed by atoms with van der Waals surface area (Å²) in [6.07, 6.45) is 8.94. The van der Waals surface area contributed by atoms with E-state index in [9.17, 15) is 4.79 Å². The molecular weight excluding hydrogens is 354 g/mol. The lowest BCUT2D eigenvalue weighted by molar-refractivity contribution is 0.102. The molecule has 1 amide bonds. The maximum atomic E-state index is 12.6. The summed E-state index contributed by atoms with van der Waals surface area (Å²) in [6.45, 7) is 2.10. The first kappa shape index (κ1) is 18.6. The molecule has 1 aliphatic carbocycles. The van der Waals surface area contributed by atoms with Crippen LogP contribution in [0.5, 0.6) is 11.5 Å². The largest absolute Gasteiger partial charge is 0.493 e. The molecule has 0 bridgehead atoms. The van der Waals surface area contributed by atoms with E-state index in [0.717, 1.165) is 31.7 Å². The number of ether oxygens (including phenoxy) is 2. The number of aromatic nitrogens is 1. The molecule has 1 aliphatic heterocycles. The van der Waals surface area contributed by atoms with Crippen LogP contribution in [0.4, 0.5) is 11.5 Å². The number of hydrogen-bond donors (Lipinski definition) is 1. The number of amides is 1. The van der Waals surface area contributed by atoms with Crippen LogP contribution in [-0.4, -0.2) is 37.2 Å². The molecule has 1 N–H and O–H groups in total. The summed E-state index contributed by atoms with van der Waals surface area (Å²) in [7, 11) is 1.60. The lowest BCUT2D eigenvalue weighted by Gasteiger charge is -2.17. The van der Waals surface area contributed by atoms with Crippen LogP contribution in [0.1, 0.15) is 48.9 Å². The molecule has 1 saturated heterocycles. The van der Waals surface area contributed by atoms with Gasteiger partial charge in [-0.1, -0.05) is 0 Å². The summed E-state index contributed by atoms with van der Waals surface area (Å²) in [4.78, 5) is 19.4. The number of nitrogens with zero attached hydrogens (tertiary/aromatic N) is 2. The third-order valence-electron chi connectivity index (χ3n) is 5.46. The summed E-state index contributed by atoms with van der Waals surface area (Å²) in [6, 6.07) is 9.17. The van der Waals surface area contributed by atoms with E-state index in [2.05, 4.69) is 15.2 Å². The normalized spacial score (nSPS) is 17.0. The number of anilines is 2. The minimum Gasteiger partial charge on any atom is -0.493 e. The Balaban J connectivity index is 1.42. The van der Waals surface area contributed by atoms with Crippen molar-refractivity contribution in [2.24, 2.45) is 0 Å². The molecule has 0 unspecified atom stereocenters. The molecule has 0 atom stereocenters. The third kappa shape index (κ3) is 4.21. The van der Waals surface area contributed by atoms with E-state index in [1.807, 2.05) is 18.2 Å². The topological polar surface area (TPSA) is 63.7 Å². The highest BCUT2D eigenvalue weighted by atomic mass is 16.5. The average Bonchev–Trinajstić information content (AvgIpc) is 3.43. The van der Waals surface area contributed by atoms with E-state index in [0.29, 0.717) is 22.7 Å². The van der Waals surface area contributed by atoms with Gasteiger partial charge in [0.05, 0.1) is 25.1 Å². The van der Waals surface area contributed by atoms with Gasteiger partial charge in [-0.15, -0.1) is 0 Å². The van der Waals surface area contributed by atoms with Crippen LogP contribution in [0.25, 0.3) is 0 Å². The average molecular weight is 381 g/mol. The van der Waals surface area contributed by atoms with Gasteiger partial charge in [-0.05, 0) is 68.9 Å². The third-order valence-corrected chi connectivity index (χ3v) is 5.46. The predicted molar refractivity (Wildman–Crippen MR) is 110 cm³/mol. The van der Waals surface area contributed by atoms with E-state index in [1.54, 1.807) is 25.4 Å². The monoisotopic (exact) mass is 381 g/mol. The van der Waals surface area contributed by atoms with Crippen LogP contribution < -0.4 is 19.7 Å². The molecule has 0 spiro atoms. The van der Waals surface area contributed by atoms with Gasteiger partial charge in [-0.3, -0.25) is 4.79 Å². The molecule has 2 fully saturated rings. The van der Waals surface area contributed by atoms with Gasteiger partial charge in [0, 0.05) is 18.7 Å². The molecule has 2 heterocycles. The molecule has 1 saturated carbocycles. The van der Waals surface area contributed by atoms with Crippen molar-refractivity contribution in [2.75, 3.05) is 30.4 Å². The second-order valence-electron chi connectivity index (χ2n) is 7.44. The first-order valence-electron chi connectivity index (χ1n) is 10.1. The number of benzene rings is 1. The Hall–Kier alpha value is -2.76. The Morgan fingerprint density at radius 3 is 2.54 bits per heavy atom. The molecular formula is C22H27N3O3. The number of methoxy groups -OCH3 is 1. The molecule has 2 aliphatic rings. The predicted octanol–water partition coefficient (Wildman–Crippen LogP) is 4.26. The van der Waals surface area contributed by atoms with Crippen LogP contribution >= 0.6 is 0 Å². The van der Waals surface area contributed by atoms with Crippen molar-refractivity contribution in [3.8, 4) is 11.5 Å². The Bertz CT molecular complexity index is 810. The maximum absolute atomic E-state index is 12.6. The van der Waals surface area contributed by atoms with E-state index in [-0.39, 0.29) is 12.0 Å². The van der Waals surface area contributed by atoms with Crippen molar-refractivity contribution in [3.05, 3.63) is 42.1 Å². The highest BCUT2D eigenvalue weighted by Gasteiger charge is 2.19. The Morgan fingerprint density at radius 2 is 1.86 bits per heavy atom. The summed E-state index contributed by atoms with van der Waals surface area (Å²) in [5.74, 6) is 2.05. The summed E-state index contributed by atoms with van der Waals surface area (Å²) in [5, 5.41) is 2.90. The number of rotatable bonds is 6. The van der Waals surface area contributed by atoms with Gasteiger partial charge >= 0.3 is 0 Å². The molecule has 0 radical (unpaired) electrons. The van der Waals surface area contributed by atoms with E-state index in [1.165, 1.54) is 25.7 Å². The minimum atomic E-state index is -0.193. The Morgan fingerprint density at radius 1 is 1.07 bits per heavy atom. The van der Waals surface area contributed by atoms with Crippen molar-refractivity contribution in [3.63, 3.8) is 0 Å². The molecule has 6 nitrogen and oxygen atoms in total. The van der Waals surface area contributed by atoms with Crippen LogP contribution in [0.2, 0.25) is 0 Å². The molecule has 148 valence electrons. The van der Waals surface area contributed by atoms with Gasteiger partial charge in [-0.2, -0.15) is 0 Å². The van der Waals surface area contributed by atoms with Gasteiger partial charge in [-0.25, -0.2) is 4.98 Å². The standard InChI is InChI=1S/C22H27N3O3/c1-27-20-14-16(8-10-19(20)28-18-6-2-3-7-18)22(26)24-17-9-11-21(23-15-17)25-12-4-5-13-25/h8-11,14-15,18H,2-7,12-13H2,1H3,(H,24,26). The summed E-state index contributed by atoms with van der Waals surface area (Å²) < 4.78 is 11.5. The molecule has 1 aromatic heterocycles. The number of carbonyl (C=O) groups excluding carboxylic acids is 1. The summed E-state index contributed by atoms with van der Waals surface area (Å²) >= 11 is 0. The lowest BCUT2D eigenvalue weighted by Crippen LogP contribution is -2.19. The van der Waals surface area contributed by atoms with Crippen molar-refractivity contribution in [1.82, 2.24) is 4.98 Å². The fourth-order valence-corrected chi connectivity index (χ4v) is 3.89. The highest BCUT2D eigenvalue weighted by Crippen LogP contribution is 2.32. The zero-order valence-electron chi connectivity index (χ0n) is 16.3. The second kappa shape index (κ2) is 8.50.